The fourth-order valence-electron chi connectivity index (χ4n) is 2.62. The molecule has 2 fully saturated rings. The Hall–Kier alpha value is -0.970. The van der Waals surface area contributed by atoms with Gasteiger partial charge in [-0.15, -0.1) is 11.3 Å². The Labute approximate surface area is 115 Å². The van der Waals surface area contributed by atoms with Gasteiger partial charge in [0, 0.05) is 4.88 Å². The van der Waals surface area contributed by atoms with E-state index in [2.05, 4.69) is 6.07 Å². The van der Waals surface area contributed by atoms with Gasteiger partial charge in [0.05, 0.1) is 6.61 Å². The van der Waals surface area contributed by atoms with Crippen molar-refractivity contribution in [3.8, 4) is 6.07 Å². The molecule has 102 valence electrons. The van der Waals surface area contributed by atoms with Crippen molar-refractivity contribution in [1.82, 2.24) is 0 Å². The van der Waals surface area contributed by atoms with E-state index >= 15 is 0 Å². The predicted octanol–water partition coefficient (Wildman–Crippen LogP) is 1.57. The molecule has 0 saturated carbocycles. The van der Waals surface area contributed by atoms with Crippen LogP contribution in [0.15, 0.2) is 12.1 Å². The maximum Gasteiger partial charge on any atom is 0.164 e. The molecule has 0 aliphatic carbocycles. The van der Waals surface area contributed by atoms with E-state index in [-0.39, 0.29) is 31.0 Å². The van der Waals surface area contributed by atoms with Crippen LogP contribution in [0.3, 0.4) is 0 Å². The molecule has 19 heavy (non-hydrogen) atoms. The van der Waals surface area contributed by atoms with Crippen LogP contribution in [0, 0.1) is 11.3 Å². The number of ether oxygens (including phenoxy) is 3. The maximum atomic E-state index is 9.39. The summed E-state index contributed by atoms with van der Waals surface area (Å²) in [6, 6.07) is 5.76. The van der Waals surface area contributed by atoms with Crippen LogP contribution in [0.1, 0.15) is 29.7 Å². The number of hydrogen-bond acceptors (Lipinski definition) is 6. The van der Waals surface area contributed by atoms with E-state index in [0.29, 0.717) is 4.88 Å². The van der Waals surface area contributed by atoms with E-state index in [1.54, 1.807) is 6.07 Å². The number of aliphatic hydroxyl groups is 1. The highest BCUT2D eigenvalue weighted by Crippen LogP contribution is 2.46. The Bertz CT molecular complexity index is 521. The second-order valence-electron chi connectivity index (χ2n) is 5.16. The third-order valence-electron chi connectivity index (χ3n) is 3.35. The fraction of sp³-hybridized carbons (Fsp3) is 0.615. The molecular formula is C13H15NO4S. The van der Waals surface area contributed by atoms with Crippen molar-refractivity contribution in [2.75, 3.05) is 6.61 Å². The monoisotopic (exact) mass is 281 g/mol. The SMILES string of the molecule is CC1(C)O[C@@H]2[C@H](O1)[C@@H](CO)O[C@H]2c1ccc(C#N)s1. The number of thiophene rings is 1. The average molecular weight is 281 g/mol. The molecule has 0 amide bonds. The summed E-state index contributed by atoms with van der Waals surface area (Å²) in [5.41, 5.74) is 0. The highest BCUT2D eigenvalue weighted by molar-refractivity contribution is 7.12. The lowest BCUT2D eigenvalue weighted by Crippen LogP contribution is -2.31. The number of fused-ring (bicyclic) bond motifs is 1. The topological polar surface area (TPSA) is 71.7 Å². The summed E-state index contributed by atoms with van der Waals surface area (Å²) in [7, 11) is 0. The molecule has 0 spiro atoms. The van der Waals surface area contributed by atoms with E-state index < -0.39 is 5.79 Å². The third-order valence-corrected chi connectivity index (χ3v) is 4.40. The van der Waals surface area contributed by atoms with Gasteiger partial charge in [0.15, 0.2) is 5.79 Å². The number of rotatable bonds is 2. The molecule has 2 saturated heterocycles. The van der Waals surface area contributed by atoms with E-state index in [0.717, 1.165) is 4.88 Å². The maximum absolute atomic E-state index is 9.39. The standard InChI is InChI=1S/C13H15NO4S/c1-13(2)17-10-8(6-15)16-11(12(10)18-13)9-4-3-7(5-14)19-9/h3-4,8,10-12,15H,6H2,1-2H3/t8-,10-,11+,12-/m1/s1. The molecule has 5 nitrogen and oxygen atoms in total. The normalized spacial score (nSPS) is 36.1. The molecule has 0 bridgehead atoms. The largest absolute Gasteiger partial charge is 0.394 e. The average Bonchev–Trinajstić information content (AvgIpc) is 3.01. The number of aliphatic hydroxyl groups excluding tert-OH is 1. The summed E-state index contributed by atoms with van der Waals surface area (Å²) in [5, 5.41) is 18.3. The molecule has 3 heterocycles. The molecular weight excluding hydrogens is 266 g/mol. The lowest BCUT2D eigenvalue weighted by molar-refractivity contribution is -0.190. The molecule has 0 unspecified atom stereocenters. The molecule has 4 atom stereocenters. The predicted molar refractivity (Wildman–Crippen MR) is 67.6 cm³/mol. The summed E-state index contributed by atoms with van der Waals surface area (Å²) in [6.45, 7) is 3.60. The van der Waals surface area contributed by atoms with Gasteiger partial charge in [-0.25, -0.2) is 0 Å². The number of nitriles is 1. The zero-order valence-corrected chi connectivity index (χ0v) is 11.5. The van der Waals surface area contributed by atoms with Gasteiger partial charge < -0.3 is 19.3 Å². The Morgan fingerprint density at radius 1 is 1.37 bits per heavy atom. The van der Waals surface area contributed by atoms with Crippen molar-refractivity contribution < 1.29 is 19.3 Å². The number of hydrogen-bond donors (Lipinski definition) is 1. The third kappa shape index (κ3) is 2.18. The van der Waals surface area contributed by atoms with Crippen LogP contribution in [-0.4, -0.2) is 35.8 Å². The van der Waals surface area contributed by atoms with Crippen molar-refractivity contribution >= 4 is 11.3 Å². The molecule has 0 radical (unpaired) electrons. The minimum absolute atomic E-state index is 0.104. The van der Waals surface area contributed by atoms with E-state index in [4.69, 9.17) is 19.5 Å². The van der Waals surface area contributed by atoms with Crippen LogP contribution in [-0.2, 0) is 14.2 Å². The van der Waals surface area contributed by atoms with Gasteiger partial charge in [-0.05, 0) is 26.0 Å². The summed E-state index contributed by atoms with van der Waals surface area (Å²) in [5.74, 6) is -0.667. The first-order valence-corrected chi connectivity index (χ1v) is 6.97. The molecule has 6 heteroatoms. The smallest absolute Gasteiger partial charge is 0.164 e. The number of nitrogens with zero attached hydrogens (tertiary/aromatic N) is 1. The van der Waals surface area contributed by atoms with Crippen LogP contribution < -0.4 is 0 Å². The van der Waals surface area contributed by atoms with Crippen LogP contribution in [0.25, 0.3) is 0 Å². The van der Waals surface area contributed by atoms with Crippen LogP contribution in [0.2, 0.25) is 0 Å². The van der Waals surface area contributed by atoms with Crippen molar-refractivity contribution in [1.29, 1.82) is 5.26 Å². The Morgan fingerprint density at radius 3 is 2.74 bits per heavy atom. The molecule has 2 aliphatic rings. The van der Waals surface area contributed by atoms with Crippen molar-refractivity contribution in [2.24, 2.45) is 0 Å². The van der Waals surface area contributed by atoms with Crippen molar-refractivity contribution in [3.05, 3.63) is 21.9 Å². The lowest BCUT2D eigenvalue weighted by Gasteiger charge is -2.23. The van der Waals surface area contributed by atoms with E-state index in [1.165, 1.54) is 11.3 Å². The van der Waals surface area contributed by atoms with Crippen molar-refractivity contribution in [3.63, 3.8) is 0 Å². The van der Waals surface area contributed by atoms with Gasteiger partial charge in [0.2, 0.25) is 0 Å². The summed E-state index contributed by atoms with van der Waals surface area (Å²) < 4.78 is 17.5. The summed E-state index contributed by atoms with van der Waals surface area (Å²) >= 11 is 1.39. The molecule has 3 rings (SSSR count). The van der Waals surface area contributed by atoms with Gasteiger partial charge in [0.25, 0.3) is 0 Å². The Morgan fingerprint density at radius 2 is 2.11 bits per heavy atom. The highest BCUT2D eigenvalue weighted by Gasteiger charge is 2.55. The fourth-order valence-corrected chi connectivity index (χ4v) is 3.50. The zero-order chi connectivity index (χ0) is 13.6. The summed E-state index contributed by atoms with van der Waals surface area (Å²) in [6.07, 6.45) is -1.17. The van der Waals surface area contributed by atoms with E-state index in [9.17, 15) is 5.11 Å². The quantitative estimate of drug-likeness (QED) is 0.891. The highest BCUT2D eigenvalue weighted by atomic mass is 32.1. The molecule has 1 aromatic rings. The molecule has 1 N–H and O–H groups in total. The Kier molecular flexibility index (Phi) is 3.12. The first kappa shape index (κ1) is 13.0. The first-order valence-electron chi connectivity index (χ1n) is 6.16. The first-order chi connectivity index (χ1) is 9.04. The van der Waals surface area contributed by atoms with Gasteiger partial charge in [0.1, 0.15) is 35.4 Å². The second-order valence-corrected chi connectivity index (χ2v) is 6.27. The minimum Gasteiger partial charge on any atom is -0.394 e. The summed E-state index contributed by atoms with van der Waals surface area (Å²) in [4.78, 5) is 1.57. The van der Waals surface area contributed by atoms with Crippen LogP contribution >= 0.6 is 11.3 Å². The van der Waals surface area contributed by atoms with Gasteiger partial charge in [-0.3, -0.25) is 0 Å². The van der Waals surface area contributed by atoms with Crippen LogP contribution in [0.5, 0.6) is 0 Å². The van der Waals surface area contributed by atoms with Crippen molar-refractivity contribution in [2.45, 2.75) is 44.1 Å². The van der Waals surface area contributed by atoms with Gasteiger partial charge in [-0.1, -0.05) is 0 Å². The molecule has 2 aliphatic heterocycles. The van der Waals surface area contributed by atoms with E-state index in [1.807, 2.05) is 19.9 Å². The molecule has 1 aromatic heterocycles. The second kappa shape index (κ2) is 4.54. The Balaban J connectivity index is 1.88. The van der Waals surface area contributed by atoms with Crippen LogP contribution in [0.4, 0.5) is 0 Å². The minimum atomic E-state index is -0.667. The molecule has 0 aromatic carbocycles. The van der Waals surface area contributed by atoms with Gasteiger partial charge >= 0.3 is 0 Å². The lowest BCUT2D eigenvalue weighted by atomic mass is 10.1. The zero-order valence-electron chi connectivity index (χ0n) is 10.7. The van der Waals surface area contributed by atoms with Gasteiger partial charge in [-0.2, -0.15) is 5.26 Å².